The average Bonchev–Trinajstić information content (AvgIpc) is 2.38. The number of piperidine rings is 1. The first-order valence-electron chi connectivity index (χ1n) is 7.17. The number of benzene rings is 1. The van der Waals surface area contributed by atoms with Crippen molar-refractivity contribution in [1.82, 2.24) is 4.31 Å². The zero-order valence-electron chi connectivity index (χ0n) is 12.2. The maximum Gasteiger partial charge on any atom is 0.218 e. The highest BCUT2D eigenvalue weighted by atomic mass is 32.2. The largest absolute Gasteiger partial charge is 0.328 e. The van der Waals surface area contributed by atoms with E-state index in [4.69, 9.17) is 5.73 Å². The van der Waals surface area contributed by atoms with Crippen molar-refractivity contribution in [3.63, 3.8) is 0 Å². The van der Waals surface area contributed by atoms with Crippen LogP contribution in [-0.2, 0) is 15.8 Å². The first kappa shape index (κ1) is 15.5. The fraction of sp³-hybridized carbons (Fsp3) is 0.600. The number of aryl methyl sites for hydroxylation is 1. The molecule has 1 aromatic rings. The Kier molecular flexibility index (Phi) is 4.83. The van der Waals surface area contributed by atoms with Crippen molar-refractivity contribution >= 4 is 10.0 Å². The molecule has 2 N–H and O–H groups in total. The van der Waals surface area contributed by atoms with Gasteiger partial charge in [-0.3, -0.25) is 0 Å². The summed E-state index contributed by atoms with van der Waals surface area (Å²) >= 11 is 0. The van der Waals surface area contributed by atoms with Gasteiger partial charge >= 0.3 is 0 Å². The molecular weight excluding hydrogens is 272 g/mol. The average molecular weight is 296 g/mol. The molecule has 1 aliphatic heterocycles. The molecule has 1 heterocycles. The fourth-order valence-electron chi connectivity index (χ4n) is 2.76. The van der Waals surface area contributed by atoms with Crippen LogP contribution in [0.3, 0.4) is 0 Å². The van der Waals surface area contributed by atoms with Gasteiger partial charge in [-0.2, -0.15) is 0 Å². The van der Waals surface area contributed by atoms with E-state index in [0.717, 1.165) is 24.0 Å². The van der Waals surface area contributed by atoms with Gasteiger partial charge in [0.25, 0.3) is 0 Å². The summed E-state index contributed by atoms with van der Waals surface area (Å²) in [5.74, 6) is 0.358. The molecule has 0 aliphatic carbocycles. The van der Waals surface area contributed by atoms with Crippen molar-refractivity contribution in [1.29, 1.82) is 0 Å². The number of hydrogen-bond acceptors (Lipinski definition) is 3. The monoisotopic (exact) mass is 296 g/mol. The van der Waals surface area contributed by atoms with E-state index in [0.29, 0.717) is 13.1 Å². The second kappa shape index (κ2) is 6.24. The van der Waals surface area contributed by atoms with Gasteiger partial charge in [-0.25, -0.2) is 12.7 Å². The van der Waals surface area contributed by atoms with Gasteiger partial charge in [-0.1, -0.05) is 29.8 Å². The van der Waals surface area contributed by atoms with E-state index in [1.54, 1.807) is 4.31 Å². The summed E-state index contributed by atoms with van der Waals surface area (Å²) in [5, 5.41) is 0. The Balaban J connectivity index is 2.10. The van der Waals surface area contributed by atoms with Crippen LogP contribution < -0.4 is 5.73 Å². The van der Waals surface area contributed by atoms with Crippen LogP contribution in [0.5, 0.6) is 0 Å². The molecule has 1 fully saturated rings. The Bertz CT molecular complexity index is 555. The summed E-state index contributed by atoms with van der Waals surface area (Å²) in [6, 6.07) is 7.73. The lowest BCUT2D eigenvalue weighted by Gasteiger charge is -2.33. The zero-order valence-corrected chi connectivity index (χ0v) is 13.1. The maximum atomic E-state index is 12.5. The number of nitrogens with two attached hydrogens (primary N) is 1. The predicted octanol–water partition coefficient (Wildman–Crippen LogP) is 1.88. The lowest BCUT2D eigenvalue weighted by Crippen LogP contribution is -2.45. The highest BCUT2D eigenvalue weighted by Crippen LogP contribution is 2.23. The van der Waals surface area contributed by atoms with Gasteiger partial charge in [0.1, 0.15) is 0 Å². The van der Waals surface area contributed by atoms with Crippen LogP contribution in [-0.4, -0.2) is 31.9 Å². The fourth-order valence-corrected chi connectivity index (χ4v) is 4.37. The minimum atomic E-state index is -3.24. The molecule has 5 heteroatoms. The van der Waals surface area contributed by atoms with E-state index in [-0.39, 0.29) is 17.7 Å². The lowest BCUT2D eigenvalue weighted by atomic mass is 9.93. The second-order valence-electron chi connectivity index (χ2n) is 5.86. The number of nitrogens with zero attached hydrogens (tertiary/aromatic N) is 1. The van der Waals surface area contributed by atoms with E-state index < -0.39 is 10.0 Å². The molecule has 0 radical (unpaired) electrons. The van der Waals surface area contributed by atoms with Crippen LogP contribution in [0.1, 0.15) is 30.9 Å². The predicted molar refractivity (Wildman–Crippen MR) is 81.7 cm³/mol. The minimum Gasteiger partial charge on any atom is -0.328 e. The molecule has 2 atom stereocenters. The number of sulfonamides is 1. The van der Waals surface area contributed by atoms with Crippen molar-refractivity contribution in [2.75, 3.05) is 13.1 Å². The summed E-state index contributed by atoms with van der Waals surface area (Å²) in [5.41, 5.74) is 7.87. The SMILES string of the molecule is Cc1cccc(CS(=O)(=O)N2CCC[C@@H]([C@@H](C)N)C2)c1. The van der Waals surface area contributed by atoms with Crippen molar-refractivity contribution in [2.24, 2.45) is 11.7 Å². The van der Waals surface area contributed by atoms with E-state index in [1.165, 1.54) is 0 Å². The molecule has 0 bridgehead atoms. The quantitative estimate of drug-likeness (QED) is 0.923. The molecule has 1 saturated heterocycles. The van der Waals surface area contributed by atoms with Gasteiger partial charge in [-0.05, 0) is 38.2 Å². The third kappa shape index (κ3) is 3.81. The van der Waals surface area contributed by atoms with Gasteiger partial charge in [0, 0.05) is 19.1 Å². The molecular formula is C15H24N2O2S. The Labute approximate surface area is 122 Å². The molecule has 1 aromatic carbocycles. The van der Waals surface area contributed by atoms with Crippen LogP contribution in [0.25, 0.3) is 0 Å². The first-order chi connectivity index (χ1) is 9.38. The van der Waals surface area contributed by atoms with Crippen molar-refractivity contribution in [2.45, 2.75) is 38.5 Å². The molecule has 0 spiro atoms. The van der Waals surface area contributed by atoms with Crippen LogP contribution in [0, 0.1) is 12.8 Å². The van der Waals surface area contributed by atoms with Crippen molar-refractivity contribution < 1.29 is 8.42 Å². The number of hydrogen-bond donors (Lipinski definition) is 1. The molecule has 112 valence electrons. The summed E-state index contributed by atoms with van der Waals surface area (Å²) in [6.07, 6.45) is 1.92. The summed E-state index contributed by atoms with van der Waals surface area (Å²) in [7, 11) is -3.24. The lowest BCUT2D eigenvalue weighted by molar-refractivity contribution is 0.243. The Hall–Kier alpha value is -0.910. The van der Waals surface area contributed by atoms with E-state index in [1.807, 2.05) is 38.1 Å². The normalized spacial score (nSPS) is 22.6. The van der Waals surface area contributed by atoms with Crippen molar-refractivity contribution in [3.05, 3.63) is 35.4 Å². The van der Waals surface area contributed by atoms with Crippen LogP contribution in [0.2, 0.25) is 0 Å². The Morgan fingerprint density at radius 3 is 2.85 bits per heavy atom. The van der Waals surface area contributed by atoms with Gasteiger partial charge in [0.15, 0.2) is 0 Å². The summed E-state index contributed by atoms with van der Waals surface area (Å²) in [6.45, 7) is 5.12. The second-order valence-corrected chi connectivity index (χ2v) is 7.83. The first-order valence-corrected chi connectivity index (χ1v) is 8.78. The molecule has 1 aliphatic rings. The standard InChI is InChI=1S/C15H24N2O2S/c1-12-5-3-6-14(9-12)11-20(18,19)17-8-4-7-15(10-17)13(2)16/h3,5-6,9,13,15H,4,7-8,10-11,16H2,1-2H3/t13-,15-/m1/s1. The zero-order chi connectivity index (χ0) is 14.8. The molecule has 0 saturated carbocycles. The Morgan fingerprint density at radius 1 is 1.45 bits per heavy atom. The van der Waals surface area contributed by atoms with Crippen LogP contribution >= 0.6 is 0 Å². The third-order valence-corrected chi connectivity index (χ3v) is 5.81. The molecule has 4 nitrogen and oxygen atoms in total. The topological polar surface area (TPSA) is 63.4 Å². The summed E-state index contributed by atoms with van der Waals surface area (Å²) in [4.78, 5) is 0. The highest BCUT2D eigenvalue weighted by Gasteiger charge is 2.30. The third-order valence-electron chi connectivity index (χ3n) is 3.99. The molecule has 0 aromatic heterocycles. The molecule has 0 unspecified atom stereocenters. The molecule has 2 rings (SSSR count). The molecule has 0 amide bonds. The van der Waals surface area contributed by atoms with E-state index >= 15 is 0 Å². The number of rotatable bonds is 4. The van der Waals surface area contributed by atoms with E-state index in [2.05, 4.69) is 0 Å². The summed E-state index contributed by atoms with van der Waals surface area (Å²) < 4.78 is 26.7. The highest BCUT2D eigenvalue weighted by molar-refractivity contribution is 7.88. The van der Waals surface area contributed by atoms with Crippen LogP contribution in [0.15, 0.2) is 24.3 Å². The van der Waals surface area contributed by atoms with Gasteiger partial charge in [0.2, 0.25) is 10.0 Å². The van der Waals surface area contributed by atoms with Crippen molar-refractivity contribution in [3.8, 4) is 0 Å². The Morgan fingerprint density at radius 2 is 2.20 bits per heavy atom. The smallest absolute Gasteiger partial charge is 0.218 e. The van der Waals surface area contributed by atoms with E-state index in [9.17, 15) is 8.42 Å². The van der Waals surface area contributed by atoms with Gasteiger partial charge in [-0.15, -0.1) is 0 Å². The van der Waals surface area contributed by atoms with Gasteiger partial charge < -0.3 is 5.73 Å². The van der Waals surface area contributed by atoms with Gasteiger partial charge in [0.05, 0.1) is 5.75 Å². The van der Waals surface area contributed by atoms with Crippen LogP contribution in [0.4, 0.5) is 0 Å². The molecule has 20 heavy (non-hydrogen) atoms. The minimum absolute atomic E-state index is 0.0481. The maximum absolute atomic E-state index is 12.5.